The number of ether oxygens (including phenoxy) is 1. The first-order chi connectivity index (χ1) is 12.7. The van der Waals surface area contributed by atoms with Crippen LogP contribution in [-0.2, 0) is 10.3 Å². The molecule has 2 aromatic carbocycles. The Morgan fingerprint density at radius 1 is 1.19 bits per heavy atom. The van der Waals surface area contributed by atoms with Crippen molar-refractivity contribution in [3.05, 3.63) is 64.4 Å². The molecule has 3 aromatic rings. The number of nitrogens with zero attached hydrogens (tertiary/aromatic N) is 1. The SMILES string of the molecule is O=C(c1nc2ccc(Cl)cc2[nH]1)[C@@H]1OC2(CCNCC2)c2ccccc21. The number of imidazole rings is 1. The third kappa shape index (κ3) is 2.39. The van der Waals surface area contributed by atoms with Crippen molar-refractivity contribution in [2.45, 2.75) is 24.5 Å². The Morgan fingerprint density at radius 3 is 2.85 bits per heavy atom. The predicted octanol–water partition coefficient (Wildman–Crippen LogP) is 3.75. The maximum Gasteiger partial charge on any atom is 0.231 e. The van der Waals surface area contributed by atoms with Gasteiger partial charge >= 0.3 is 0 Å². The van der Waals surface area contributed by atoms with Crippen LogP contribution in [-0.4, -0.2) is 28.8 Å². The van der Waals surface area contributed by atoms with E-state index in [1.165, 1.54) is 0 Å². The molecule has 3 heterocycles. The first-order valence-electron chi connectivity index (χ1n) is 8.84. The van der Waals surface area contributed by atoms with Crippen LogP contribution < -0.4 is 5.32 Å². The summed E-state index contributed by atoms with van der Waals surface area (Å²) in [7, 11) is 0. The molecule has 2 aliphatic heterocycles. The number of halogens is 1. The highest BCUT2D eigenvalue weighted by molar-refractivity contribution is 6.31. The molecule has 2 N–H and O–H groups in total. The average Bonchev–Trinajstić information content (AvgIpc) is 3.22. The smallest absolute Gasteiger partial charge is 0.231 e. The lowest BCUT2D eigenvalue weighted by Crippen LogP contribution is -2.40. The van der Waals surface area contributed by atoms with E-state index in [1.807, 2.05) is 24.3 Å². The van der Waals surface area contributed by atoms with E-state index >= 15 is 0 Å². The van der Waals surface area contributed by atoms with Gasteiger partial charge in [0.05, 0.1) is 16.6 Å². The Labute approximate surface area is 155 Å². The molecule has 132 valence electrons. The summed E-state index contributed by atoms with van der Waals surface area (Å²) in [5.74, 6) is 0.174. The summed E-state index contributed by atoms with van der Waals surface area (Å²) >= 11 is 6.04. The van der Waals surface area contributed by atoms with Gasteiger partial charge in [-0.15, -0.1) is 0 Å². The number of fused-ring (bicyclic) bond motifs is 3. The third-order valence-corrected chi connectivity index (χ3v) is 5.64. The summed E-state index contributed by atoms with van der Waals surface area (Å²) in [6, 6.07) is 13.4. The van der Waals surface area contributed by atoms with Crippen molar-refractivity contribution >= 4 is 28.4 Å². The lowest BCUT2D eigenvalue weighted by Gasteiger charge is -2.34. The molecule has 0 aliphatic carbocycles. The van der Waals surface area contributed by atoms with Gasteiger partial charge in [-0.25, -0.2) is 4.98 Å². The highest BCUT2D eigenvalue weighted by Gasteiger charge is 2.48. The molecule has 0 radical (unpaired) electrons. The van der Waals surface area contributed by atoms with Crippen LogP contribution in [0, 0.1) is 0 Å². The monoisotopic (exact) mass is 367 g/mol. The number of carbonyl (C=O) groups is 1. The van der Waals surface area contributed by atoms with Gasteiger partial charge < -0.3 is 15.0 Å². The average molecular weight is 368 g/mol. The molecule has 5 nitrogen and oxygen atoms in total. The topological polar surface area (TPSA) is 67.0 Å². The molecule has 0 bridgehead atoms. The number of piperidine rings is 1. The van der Waals surface area contributed by atoms with Gasteiger partial charge in [-0.3, -0.25) is 4.79 Å². The van der Waals surface area contributed by atoms with Crippen molar-refractivity contribution in [1.29, 1.82) is 0 Å². The van der Waals surface area contributed by atoms with E-state index in [9.17, 15) is 4.79 Å². The van der Waals surface area contributed by atoms with E-state index in [0.29, 0.717) is 10.8 Å². The molecule has 1 fully saturated rings. The number of H-pyrrole nitrogens is 1. The largest absolute Gasteiger partial charge is 0.354 e. The van der Waals surface area contributed by atoms with Crippen molar-refractivity contribution in [1.82, 2.24) is 15.3 Å². The molecule has 5 rings (SSSR count). The summed E-state index contributed by atoms with van der Waals surface area (Å²) < 4.78 is 6.42. The Morgan fingerprint density at radius 2 is 2.00 bits per heavy atom. The summed E-state index contributed by atoms with van der Waals surface area (Å²) in [6.45, 7) is 1.77. The van der Waals surface area contributed by atoms with Crippen LogP contribution in [0.2, 0.25) is 5.02 Å². The molecule has 6 heteroatoms. The quantitative estimate of drug-likeness (QED) is 0.677. The van der Waals surface area contributed by atoms with E-state index < -0.39 is 6.10 Å². The van der Waals surface area contributed by atoms with Crippen LogP contribution in [0.1, 0.15) is 40.7 Å². The first kappa shape index (κ1) is 16.0. The number of aromatic nitrogens is 2. The maximum atomic E-state index is 13.2. The van der Waals surface area contributed by atoms with Gasteiger partial charge in [0.25, 0.3) is 0 Å². The minimum atomic E-state index is -0.625. The zero-order valence-corrected chi connectivity index (χ0v) is 14.8. The molecule has 26 heavy (non-hydrogen) atoms. The molecular weight excluding hydrogens is 350 g/mol. The van der Waals surface area contributed by atoms with Gasteiger partial charge in [0.15, 0.2) is 11.9 Å². The number of nitrogens with one attached hydrogen (secondary N) is 2. The molecule has 1 saturated heterocycles. The van der Waals surface area contributed by atoms with E-state index in [2.05, 4.69) is 21.4 Å². The summed E-state index contributed by atoms with van der Waals surface area (Å²) in [5, 5.41) is 3.98. The molecule has 1 spiro atoms. The molecule has 1 atom stereocenters. The predicted molar refractivity (Wildman–Crippen MR) is 99.5 cm³/mol. The fourth-order valence-electron chi connectivity index (χ4n) is 4.13. The molecule has 0 saturated carbocycles. The van der Waals surface area contributed by atoms with Gasteiger partial charge in [-0.05, 0) is 55.3 Å². The number of aromatic amines is 1. The number of hydrogen-bond donors (Lipinski definition) is 2. The van der Waals surface area contributed by atoms with Crippen LogP contribution in [0.4, 0.5) is 0 Å². The number of carbonyl (C=O) groups excluding carboxylic acids is 1. The van der Waals surface area contributed by atoms with Crippen molar-refractivity contribution in [3.63, 3.8) is 0 Å². The fraction of sp³-hybridized carbons (Fsp3) is 0.300. The fourth-order valence-corrected chi connectivity index (χ4v) is 4.30. The van der Waals surface area contributed by atoms with Gasteiger partial charge in [0.1, 0.15) is 0 Å². The van der Waals surface area contributed by atoms with E-state index in [-0.39, 0.29) is 11.4 Å². The van der Waals surface area contributed by atoms with E-state index in [4.69, 9.17) is 16.3 Å². The second-order valence-corrected chi connectivity index (χ2v) is 7.38. The third-order valence-electron chi connectivity index (χ3n) is 5.40. The number of rotatable bonds is 2. The van der Waals surface area contributed by atoms with Crippen LogP contribution >= 0.6 is 11.6 Å². The zero-order chi connectivity index (χ0) is 17.7. The molecular formula is C20H18ClN3O2. The minimum absolute atomic E-state index is 0.139. The molecule has 1 aromatic heterocycles. The Balaban J connectivity index is 1.55. The maximum absolute atomic E-state index is 13.2. The Bertz CT molecular complexity index is 1010. The van der Waals surface area contributed by atoms with Gasteiger partial charge in [-0.1, -0.05) is 35.9 Å². The van der Waals surface area contributed by atoms with Gasteiger partial charge in [0, 0.05) is 5.02 Å². The molecule has 2 aliphatic rings. The second-order valence-electron chi connectivity index (χ2n) is 6.94. The van der Waals surface area contributed by atoms with E-state index in [1.54, 1.807) is 12.1 Å². The second kappa shape index (κ2) is 5.91. The number of hydrogen-bond acceptors (Lipinski definition) is 4. The van der Waals surface area contributed by atoms with Crippen molar-refractivity contribution < 1.29 is 9.53 Å². The van der Waals surface area contributed by atoms with Crippen molar-refractivity contribution in [3.8, 4) is 0 Å². The normalized spacial score (nSPS) is 21.2. The van der Waals surface area contributed by atoms with Crippen LogP contribution in [0.5, 0.6) is 0 Å². The standard InChI is InChI=1S/C20H18ClN3O2/c21-12-5-6-15-16(11-12)24-19(23-15)17(25)18-13-3-1-2-4-14(13)20(26-18)7-9-22-10-8-20/h1-6,11,18,22H,7-10H2,(H,23,24)/t18-/m1/s1. The molecule has 0 unspecified atom stereocenters. The van der Waals surface area contributed by atoms with E-state index in [0.717, 1.165) is 48.1 Å². The van der Waals surface area contributed by atoms with Crippen molar-refractivity contribution in [2.75, 3.05) is 13.1 Å². The first-order valence-corrected chi connectivity index (χ1v) is 9.22. The van der Waals surface area contributed by atoms with Crippen LogP contribution in [0.25, 0.3) is 11.0 Å². The number of benzene rings is 2. The summed E-state index contributed by atoms with van der Waals surface area (Å²) in [6.07, 6.45) is 1.10. The van der Waals surface area contributed by atoms with Gasteiger partial charge in [-0.2, -0.15) is 0 Å². The minimum Gasteiger partial charge on any atom is -0.354 e. The Hall–Kier alpha value is -2.21. The lowest BCUT2D eigenvalue weighted by molar-refractivity contribution is -0.0808. The van der Waals surface area contributed by atoms with Gasteiger partial charge in [0.2, 0.25) is 5.78 Å². The lowest BCUT2D eigenvalue weighted by atomic mass is 9.84. The molecule has 0 amide bonds. The summed E-state index contributed by atoms with van der Waals surface area (Å²) in [4.78, 5) is 20.8. The zero-order valence-electron chi connectivity index (χ0n) is 14.1. The van der Waals surface area contributed by atoms with Crippen molar-refractivity contribution in [2.24, 2.45) is 0 Å². The van der Waals surface area contributed by atoms with Crippen LogP contribution in [0.3, 0.4) is 0 Å². The number of ketones is 1. The highest BCUT2D eigenvalue weighted by atomic mass is 35.5. The highest BCUT2D eigenvalue weighted by Crippen LogP contribution is 2.49. The number of Topliss-reactive ketones (excluding diaryl/α,β-unsaturated/α-hetero) is 1. The van der Waals surface area contributed by atoms with Crippen LogP contribution in [0.15, 0.2) is 42.5 Å². The summed E-state index contributed by atoms with van der Waals surface area (Å²) in [5.41, 5.74) is 3.19. The Kier molecular flexibility index (Phi) is 3.64.